The standard InChI is InChI=1S/C13H13Br2NOS/c1-17-9-4-2-3-8(5-9)6-11(16)12-7-10(14)13(15)18-12/h2-5,7,11H,6,16H2,1H3. The zero-order valence-corrected chi connectivity index (χ0v) is 13.8. The average molecular weight is 391 g/mol. The molecule has 0 bridgehead atoms. The largest absolute Gasteiger partial charge is 0.497 e. The van der Waals surface area contributed by atoms with Crippen molar-refractivity contribution in [3.8, 4) is 5.75 Å². The molecule has 0 radical (unpaired) electrons. The summed E-state index contributed by atoms with van der Waals surface area (Å²) < 4.78 is 7.35. The van der Waals surface area contributed by atoms with Crippen molar-refractivity contribution >= 4 is 43.2 Å². The number of rotatable bonds is 4. The Hall–Kier alpha value is -0.360. The van der Waals surface area contributed by atoms with Gasteiger partial charge in [-0.25, -0.2) is 0 Å². The third-order valence-electron chi connectivity index (χ3n) is 2.62. The third-order valence-corrected chi connectivity index (χ3v) is 6.01. The summed E-state index contributed by atoms with van der Waals surface area (Å²) in [5, 5.41) is 0. The van der Waals surface area contributed by atoms with Gasteiger partial charge in [0.15, 0.2) is 0 Å². The minimum Gasteiger partial charge on any atom is -0.497 e. The second-order valence-corrected chi connectivity index (χ2v) is 7.19. The Balaban J connectivity index is 2.13. The SMILES string of the molecule is COc1cccc(CC(N)c2cc(Br)c(Br)s2)c1. The van der Waals surface area contributed by atoms with Gasteiger partial charge in [-0.3, -0.25) is 0 Å². The van der Waals surface area contributed by atoms with Crippen molar-refractivity contribution in [3.05, 3.63) is 49.0 Å². The van der Waals surface area contributed by atoms with Crippen LogP contribution in [-0.4, -0.2) is 7.11 Å². The van der Waals surface area contributed by atoms with Crippen LogP contribution in [0.1, 0.15) is 16.5 Å². The molecule has 0 aliphatic carbocycles. The normalized spacial score (nSPS) is 12.4. The number of ether oxygens (including phenoxy) is 1. The van der Waals surface area contributed by atoms with E-state index in [2.05, 4.69) is 44.0 Å². The molecule has 1 aromatic carbocycles. The number of hydrogen-bond donors (Lipinski definition) is 1. The fourth-order valence-corrected chi connectivity index (χ4v) is 3.79. The summed E-state index contributed by atoms with van der Waals surface area (Å²) in [5.74, 6) is 0.869. The number of nitrogens with two attached hydrogens (primary N) is 1. The van der Waals surface area contributed by atoms with Crippen molar-refractivity contribution in [2.24, 2.45) is 5.73 Å². The first-order chi connectivity index (χ1) is 8.60. The molecule has 0 fully saturated rings. The molecule has 5 heteroatoms. The number of thiophene rings is 1. The summed E-state index contributed by atoms with van der Waals surface area (Å²) in [7, 11) is 1.67. The van der Waals surface area contributed by atoms with E-state index in [9.17, 15) is 0 Å². The summed E-state index contributed by atoms with van der Waals surface area (Å²) in [6, 6.07) is 10.1. The van der Waals surface area contributed by atoms with Crippen LogP contribution in [0.2, 0.25) is 0 Å². The molecule has 1 aromatic heterocycles. The number of benzene rings is 1. The van der Waals surface area contributed by atoms with Crippen molar-refractivity contribution in [1.29, 1.82) is 0 Å². The lowest BCUT2D eigenvalue weighted by Crippen LogP contribution is -2.11. The van der Waals surface area contributed by atoms with Crippen LogP contribution in [-0.2, 0) is 6.42 Å². The smallest absolute Gasteiger partial charge is 0.119 e. The van der Waals surface area contributed by atoms with Crippen LogP contribution in [0.15, 0.2) is 38.6 Å². The Kier molecular flexibility index (Phi) is 4.84. The summed E-state index contributed by atoms with van der Waals surface area (Å²) in [5.41, 5.74) is 7.41. The van der Waals surface area contributed by atoms with Gasteiger partial charge < -0.3 is 10.5 Å². The van der Waals surface area contributed by atoms with E-state index in [-0.39, 0.29) is 6.04 Å². The molecule has 0 amide bonds. The maximum atomic E-state index is 6.23. The van der Waals surface area contributed by atoms with Gasteiger partial charge in [-0.15, -0.1) is 11.3 Å². The Morgan fingerprint density at radius 2 is 2.11 bits per heavy atom. The average Bonchev–Trinajstić information content (AvgIpc) is 2.70. The molecule has 1 unspecified atom stereocenters. The van der Waals surface area contributed by atoms with Gasteiger partial charge in [-0.05, 0) is 62.0 Å². The fraction of sp³-hybridized carbons (Fsp3) is 0.231. The molecule has 0 saturated carbocycles. The summed E-state index contributed by atoms with van der Waals surface area (Å²) in [6.45, 7) is 0. The number of halogens is 2. The van der Waals surface area contributed by atoms with Crippen molar-refractivity contribution in [1.82, 2.24) is 0 Å². The molecule has 2 nitrogen and oxygen atoms in total. The first-order valence-electron chi connectivity index (χ1n) is 5.43. The molecule has 0 spiro atoms. The molecule has 2 N–H and O–H groups in total. The first-order valence-corrected chi connectivity index (χ1v) is 7.83. The van der Waals surface area contributed by atoms with Gasteiger partial charge in [0.05, 0.1) is 10.9 Å². The molecule has 0 aliphatic heterocycles. The predicted octanol–water partition coefficient (Wildman–Crippen LogP) is 4.52. The van der Waals surface area contributed by atoms with Crippen LogP contribution in [0.3, 0.4) is 0 Å². The van der Waals surface area contributed by atoms with Crippen molar-refractivity contribution in [2.75, 3.05) is 7.11 Å². The van der Waals surface area contributed by atoms with Gasteiger partial charge in [0.1, 0.15) is 5.75 Å². The van der Waals surface area contributed by atoms with Crippen molar-refractivity contribution in [3.63, 3.8) is 0 Å². The van der Waals surface area contributed by atoms with Crippen molar-refractivity contribution in [2.45, 2.75) is 12.5 Å². The second-order valence-electron chi connectivity index (χ2n) is 3.93. The lowest BCUT2D eigenvalue weighted by Gasteiger charge is -2.10. The second kappa shape index (κ2) is 6.19. The third kappa shape index (κ3) is 3.35. The highest BCUT2D eigenvalue weighted by atomic mass is 79.9. The fourth-order valence-electron chi connectivity index (χ4n) is 1.70. The maximum absolute atomic E-state index is 6.23. The van der Waals surface area contributed by atoms with Crippen LogP contribution in [0, 0.1) is 0 Å². The zero-order valence-electron chi connectivity index (χ0n) is 9.82. The van der Waals surface area contributed by atoms with Crippen LogP contribution < -0.4 is 10.5 Å². The molecule has 0 aliphatic rings. The molecule has 96 valence electrons. The van der Waals surface area contributed by atoms with E-state index in [1.54, 1.807) is 18.4 Å². The van der Waals surface area contributed by atoms with E-state index in [0.29, 0.717) is 0 Å². The maximum Gasteiger partial charge on any atom is 0.119 e. The Labute approximate surface area is 127 Å². The summed E-state index contributed by atoms with van der Waals surface area (Å²) in [6.07, 6.45) is 0.802. The zero-order chi connectivity index (χ0) is 13.1. The molecule has 2 aromatic rings. The molecule has 18 heavy (non-hydrogen) atoms. The van der Waals surface area contributed by atoms with Crippen LogP contribution >= 0.6 is 43.2 Å². The molecular weight excluding hydrogens is 378 g/mol. The number of methoxy groups -OCH3 is 1. The molecule has 2 rings (SSSR count). The Morgan fingerprint density at radius 3 is 2.72 bits per heavy atom. The van der Waals surface area contributed by atoms with E-state index in [4.69, 9.17) is 10.5 Å². The van der Waals surface area contributed by atoms with Crippen molar-refractivity contribution < 1.29 is 4.74 Å². The van der Waals surface area contributed by atoms with Crippen LogP contribution in [0.4, 0.5) is 0 Å². The Morgan fingerprint density at radius 1 is 1.33 bits per heavy atom. The van der Waals surface area contributed by atoms with Gasteiger partial charge in [-0.1, -0.05) is 12.1 Å². The highest BCUT2D eigenvalue weighted by Gasteiger charge is 2.12. The highest BCUT2D eigenvalue weighted by molar-refractivity contribution is 9.13. The van der Waals surface area contributed by atoms with E-state index >= 15 is 0 Å². The lowest BCUT2D eigenvalue weighted by molar-refractivity contribution is 0.414. The van der Waals surface area contributed by atoms with E-state index in [1.165, 1.54) is 5.56 Å². The Bertz CT molecular complexity index is 522. The molecule has 0 saturated heterocycles. The molecule has 1 heterocycles. The summed E-state index contributed by atoms with van der Waals surface area (Å²) in [4.78, 5) is 1.16. The van der Waals surface area contributed by atoms with E-state index in [0.717, 1.165) is 25.3 Å². The van der Waals surface area contributed by atoms with Crippen LogP contribution in [0.25, 0.3) is 0 Å². The topological polar surface area (TPSA) is 35.2 Å². The summed E-state index contributed by atoms with van der Waals surface area (Å²) >= 11 is 8.63. The predicted molar refractivity (Wildman–Crippen MR) is 83.3 cm³/mol. The number of hydrogen-bond acceptors (Lipinski definition) is 3. The van der Waals surface area contributed by atoms with Gasteiger partial charge in [-0.2, -0.15) is 0 Å². The quantitative estimate of drug-likeness (QED) is 0.832. The first kappa shape index (κ1) is 14.1. The van der Waals surface area contributed by atoms with Crippen LogP contribution in [0.5, 0.6) is 5.75 Å². The van der Waals surface area contributed by atoms with E-state index < -0.39 is 0 Å². The van der Waals surface area contributed by atoms with Gasteiger partial charge in [0.2, 0.25) is 0 Å². The lowest BCUT2D eigenvalue weighted by atomic mass is 10.1. The van der Waals surface area contributed by atoms with E-state index in [1.807, 2.05) is 18.2 Å². The minimum atomic E-state index is 0.00436. The van der Waals surface area contributed by atoms with Gasteiger partial charge in [0, 0.05) is 15.4 Å². The molecular formula is C13H13Br2NOS. The van der Waals surface area contributed by atoms with Gasteiger partial charge in [0.25, 0.3) is 0 Å². The molecule has 1 atom stereocenters. The minimum absolute atomic E-state index is 0.00436. The van der Waals surface area contributed by atoms with Gasteiger partial charge >= 0.3 is 0 Å². The highest BCUT2D eigenvalue weighted by Crippen LogP contribution is 2.35. The monoisotopic (exact) mass is 389 g/mol.